The van der Waals surface area contributed by atoms with Gasteiger partial charge in [-0.2, -0.15) is 13.2 Å². The number of carbonyl (C=O) groups is 1. The average Bonchev–Trinajstić information content (AvgIpc) is 2.56. The molecule has 1 aliphatic heterocycles. The molecule has 8 heteroatoms. The number of fused-ring (bicyclic) bond motifs is 1. The molecular weight excluding hydrogens is 378 g/mol. The number of alkyl halides is 4. The summed E-state index contributed by atoms with van der Waals surface area (Å²) in [4.78, 5) is 12.6. The van der Waals surface area contributed by atoms with E-state index in [0.29, 0.717) is 12.3 Å². The molecule has 0 aromatic heterocycles. The minimum Gasteiger partial charge on any atom is -0.490 e. The fraction of sp³-hybridized carbons (Fsp3) is 0.450. The van der Waals surface area contributed by atoms with E-state index in [-0.39, 0.29) is 31.7 Å². The lowest BCUT2D eigenvalue weighted by Crippen LogP contribution is -2.63. The van der Waals surface area contributed by atoms with Crippen molar-refractivity contribution >= 4 is 12.0 Å². The molecule has 1 aromatic carbocycles. The van der Waals surface area contributed by atoms with Gasteiger partial charge in [-0.3, -0.25) is 4.90 Å². The molecule has 3 rings (SSSR count). The first kappa shape index (κ1) is 20.4. The number of allylic oxidation sites excluding steroid dienone is 1. The summed E-state index contributed by atoms with van der Waals surface area (Å²) in [6.45, 7) is 2.15. The van der Waals surface area contributed by atoms with Gasteiger partial charge < -0.3 is 9.84 Å². The molecule has 0 amide bonds. The Hall–Kier alpha value is -2.35. The number of carboxylic acid groups (broad SMARTS) is 1. The lowest BCUT2D eigenvalue weighted by atomic mass is 9.83. The number of hydrogen-bond donors (Lipinski definition) is 1. The molecule has 1 fully saturated rings. The smallest absolute Gasteiger partial charge is 0.409 e. The molecule has 1 heterocycles. The Bertz CT molecular complexity index is 810. The molecule has 1 unspecified atom stereocenters. The van der Waals surface area contributed by atoms with Crippen LogP contribution in [-0.4, -0.2) is 54.1 Å². The van der Waals surface area contributed by atoms with Gasteiger partial charge in [-0.05, 0) is 41.7 Å². The fourth-order valence-electron chi connectivity index (χ4n) is 3.49. The van der Waals surface area contributed by atoms with Crippen LogP contribution in [0.4, 0.5) is 17.6 Å². The first-order valence-corrected chi connectivity index (χ1v) is 8.91. The Morgan fingerprint density at radius 1 is 1.39 bits per heavy atom. The Balaban J connectivity index is 1.61. The van der Waals surface area contributed by atoms with Crippen molar-refractivity contribution in [2.75, 3.05) is 26.2 Å². The number of halogens is 4. The Labute approximate surface area is 160 Å². The van der Waals surface area contributed by atoms with E-state index >= 15 is 0 Å². The van der Waals surface area contributed by atoms with Crippen LogP contribution in [0.2, 0.25) is 0 Å². The van der Waals surface area contributed by atoms with Gasteiger partial charge in [0, 0.05) is 25.7 Å². The lowest BCUT2D eigenvalue weighted by molar-refractivity contribution is -0.163. The predicted octanol–water partition coefficient (Wildman–Crippen LogP) is 3.87. The minimum absolute atomic E-state index is 0.114. The van der Waals surface area contributed by atoms with Crippen LogP contribution in [0.3, 0.4) is 0 Å². The summed E-state index contributed by atoms with van der Waals surface area (Å²) < 4.78 is 55.5. The second-order valence-corrected chi connectivity index (χ2v) is 7.36. The van der Waals surface area contributed by atoms with Gasteiger partial charge in [0.2, 0.25) is 5.67 Å². The summed E-state index contributed by atoms with van der Waals surface area (Å²) >= 11 is 0. The van der Waals surface area contributed by atoms with Crippen LogP contribution in [-0.2, 0) is 11.2 Å². The van der Waals surface area contributed by atoms with Crippen LogP contribution < -0.4 is 4.74 Å². The zero-order valence-corrected chi connectivity index (χ0v) is 15.3. The Morgan fingerprint density at radius 3 is 2.75 bits per heavy atom. The first-order chi connectivity index (χ1) is 13.1. The number of hydrogen-bond acceptors (Lipinski definition) is 3. The minimum atomic E-state index is -4.35. The number of nitrogens with zero attached hydrogens (tertiary/aromatic N) is 1. The molecule has 0 radical (unpaired) electrons. The normalized spacial score (nSPS) is 21.8. The highest BCUT2D eigenvalue weighted by atomic mass is 19.4. The highest BCUT2D eigenvalue weighted by Gasteiger charge is 2.50. The van der Waals surface area contributed by atoms with E-state index in [1.807, 2.05) is 25.1 Å². The van der Waals surface area contributed by atoms with E-state index in [4.69, 9.17) is 9.84 Å². The summed E-state index contributed by atoms with van der Waals surface area (Å²) in [5, 5.41) is 8.85. The van der Waals surface area contributed by atoms with Crippen molar-refractivity contribution in [1.29, 1.82) is 0 Å². The molecule has 1 atom stereocenters. The van der Waals surface area contributed by atoms with Crippen molar-refractivity contribution in [3.63, 3.8) is 0 Å². The number of rotatable bonds is 6. The van der Waals surface area contributed by atoms with Crippen molar-refractivity contribution in [2.24, 2.45) is 5.92 Å². The van der Waals surface area contributed by atoms with Gasteiger partial charge in [-0.1, -0.05) is 24.6 Å². The maximum Gasteiger partial charge on any atom is 0.409 e. The van der Waals surface area contributed by atoms with Gasteiger partial charge in [0.1, 0.15) is 12.4 Å². The number of aliphatic carboxylic acids is 1. The summed E-state index contributed by atoms with van der Waals surface area (Å²) in [5.41, 5.74) is 0.962. The summed E-state index contributed by atoms with van der Waals surface area (Å²) in [5.74, 6) is -0.731. The number of likely N-dealkylation sites (tertiary alicyclic amines) is 1. The maximum atomic E-state index is 13.9. The molecule has 28 heavy (non-hydrogen) atoms. The average molecular weight is 399 g/mol. The zero-order valence-electron chi connectivity index (χ0n) is 15.3. The molecule has 1 aromatic rings. The van der Waals surface area contributed by atoms with Gasteiger partial charge in [0.15, 0.2) is 0 Å². The van der Waals surface area contributed by atoms with Gasteiger partial charge in [0.05, 0.1) is 0 Å². The van der Waals surface area contributed by atoms with Gasteiger partial charge >= 0.3 is 12.1 Å². The van der Waals surface area contributed by atoms with Crippen LogP contribution in [0.5, 0.6) is 5.75 Å². The molecule has 2 aliphatic rings. The molecule has 0 spiro atoms. The third-order valence-corrected chi connectivity index (χ3v) is 5.01. The van der Waals surface area contributed by atoms with Crippen molar-refractivity contribution in [3.8, 4) is 5.75 Å². The molecule has 152 valence electrons. The van der Waals surface area contributed by atoms with Crippen molar-refractivity contribution in [2.45, 2.75) is 25.2 Å². The van der Waals surface area contributed by atoms with Crippen LogP contribution in [0.1, 0.15) is 18.1 Å². The lowest BCUT2D eigenvalue weighted by Gasteiger charge is -2.42. The van der Waals surface area contributed by atoms with E-state index in [1.54, 1.807) is 11.0 Å². The largest absolute Gasteiger partial charge is 0.490 e. The highest BCUT2D eigenvalue weighted by molar-refractivity contribution is 5.79. The van der Waals surface area contributed by atoms with Crippen molar-refractivity contribution in [3.05, 3.63) is 47.1 Å². The SMILES string of the molecule is CC1Cc2cc(OC/C=C/C(F)(F)F)ccc2C=C1CN1CC(F)(C(=O)O)C1. The third-order valence-electron chi connectivity index (χ3n) is 5.01. The van der Waals surface area contributed by atoms with Crippen LogP contribution in [0.25, 0.3) is 6.08 Å². The molecule has 1 aliphatic carbocycles. The standard InChI is InChI=1S/C20H21F4NO3/c1-13-7-15-9-17(28-6-2-5-20(22,23)24)4-3-14(15)8-16(13)10-25-11-19(21,12-25)18(26)27/h2-5,8-9,13H,6-7,10-12H2,1H3,(H,26,27)/b5-2+. The Kier molecular flexibility index (Phi) is 5.52. The quantitative estimate of drug-likeness (QED) is 0.583. The van der Waals surface area contributed by atoms with E-state index in [9.17, 15) is 22.4 Å². The van der Waals surface area contributed by atoms with Gasteiger partial charge in [0.25, 0.3) is 0 Å². The predicted molar refractivity (Wildman–Crippen MR) is 95.9 cm³/mol. The number of carboxylic acids is 1. The molecule has 1 N–H and O–H groups in total. The topological polar surface area (TPSA) is 49.8 Å². The van der Waals surface area contributed by atoms with Gasteiger partial charge in [-0.25, -0.2) is 9.18 Å². The molecular formula is C20H21F4NO3. The van der Waals surface area contributed by atoms with E-state index in [1.165, 1.54) is 0 Å². The van der Waals surface area contributed by atoms with Crippen LogP contribution >= 0.6 is 0 Å². The van der Waals surface area contributed by atoms with Crippen molar-refractivity contribution in [1.82, 2.24) is 4.90 Å². The maximum absolute atomic E-state index is 13.9. The summed E-state index contributed by atoms with van der Waals surface area (Å²) in [6, 6.07) is 5.36. The van der Waals surface area contributed by atoms with E-state index in [2.05, 4.69) is 0 Å². The highest BCUT2D eigenvalue weighted by Crippen LogP contribution is 2.34. The number of benzene rings is 1. The zero-order chi connectivity index (χ0) is 20.5. The van der Waals surface area contributed by atoms with E-state index < -0.39 is 17.8 Å². The molecule has 0 bridgehead atoms. The van der Waals surface area contributed by atoms with E-state index in [0.717, 1.165) is 29.2 Å². The second-order valence-electron chi connectivity index (χ2n) is 7.36. The van der Waals surface area contributed by atoms with Gasteiger partial charge in [-0.15, -0.1) is 0 Å². The summed E-state index contributed by atoms with van der Waals surface area (Å²) in [6.07, 6.45) is -0.539. The second kappa shape index (κ2) is 7.58. The summed E-state index contributed by atoms with van der Waals surface area (Å²) in [7, 11) is 0. The van der Waals surface area contributed by atoms with Crippen LogP contribution in [0, 0.1) is 5.92 Å². The number of ether oxygens (including phenoxy) is 1. The fourth-order valence-corrected chi connectivity index (χ4v) is 3.49. The van der Waals surface area contributed by atoms with Crippen molar-refractivity contribution < 1.29 is 32.2 Å². The third kappa shape index (κ3) is 4.73. The van der Waals surface area contributed by atoms with Crippen LogP contribution in [0.15, 0.2) is 35.9 Å². The molecule has 0 saturated carbocycles. The molecule has 1 saturated heterocycles. The first-order valence-electron chi connectivity index (χ1n) is 8.91. The molecule has 4 nitrogen and oxygen atoms in total. The monoisotopic (exact) mass is 399 g/mol. The Morgan fingerprint density at radius 2 is 2.11 bits per heavy atom.